The monoisotopic (exact) mass is 191 g/mol. The first kappa shape index (κ1) is 9.46. The lowest BCUT2D eigenvalue weighted by atomic mass is 10.1. The van der Waals surface area contributed by atoms with Crippen molar-refractivity contribution in [2.24, 2.45) is 0 Å². The maximum atomic E-state index is 4.22. The maximum Gasteiger partial charge on any atom is 0.125 e. The van der Waals surface area contributed by atoms with E-state index in [1.807, 2.05) is 24.4 Å². The molecule has 14 heavy (non-hydrogen) atoms. The Labute approximate surface area is 84.9 Å². The molecular weight excluding hydrogens is 174 g/mol. The van der Waals surface area contributed by atoms with Gasteiger partial charge in [0.25, 0.3) is 0 Å². The average molecular weight is 191 g/mol. The van der Waals surface area contributed by atoms with Crippen molar-refractivity contribution in [2.75, 3.05) is 18.4 Å². The lowest BCUT2D eigenvalue weighted by Crippen LogP contribution is -2.39. The van der Waals surface area contributed by atoms with Crippen LogP contribution in [0, 0.1) is 0 Å². The first-order chi connectivity index (χ1) is 6.95. The second kappa shape index (κ2) is 4.96. The van der Waals surface area contributed by atoms with Crippen LogP contribution in [0.15, 0.2) is 24.4 Å². The van der Waals surface area contributed by atoms with Gasteiger partial charge in [-0.1, -0.05) is 12.5 Å². The summed E-state index contributed by atoms with van der Waals surface area (Å²) in [7, 11) is 0. The molecule has 1 aromatic rings. The summed E-state index contributed by atoms with van der Waals surface area (Å²) in [5.74, 6) is 0.972. The third-order valence-corrected chi connectivity index (χ3v) is 2.61. The molecule has 1 saturated heterocycles. The predicted molar refractivity (Wildman–Crippen MR) is 58.4 cm³/mol. The molecule has 0 aliphatic carbocycles. The molecule has 0 spiro atoms. The fraction of sp³-hybridized carbons (Fsp3) is 0.545. The number of nitrogens with zero attached hydrogens (tertiary/aromatic N) is 1. The summed E-state index contributed by atoms with van der Waals surface area (Å²) in [5, 5.41) is 6.84. The summed E-state index contributed by atoms with van der Waals surface area (Å²) in [6.45, 7) is 2.14. The number of aromatic nitrogens is 1. The van der Waals surface area contributed by atoms with Gasteiger partial charge in [0.15, 0.2) is 0 Å². The first-order valence-corrected chi connectivity index (χ1v) is 5.33. The molecule has 3 nitrogen and oxygen atoms in total. The van der Waals surface area contributed by atoms with E-state index in [9.17, 15) is 0 Å². The molecule has 2 rings (SSSR count). The number of pyridine rings is 1. The Bertz CT molecular complexity index is 254. The minimum atomic E-state index is 0.616. The van der Waals surface area contributed by atoms with Crippen LogP contribution in [0.3, 0.4) is 0 Å². The van der Waals surface area contributed by atoms with Crippen molar-refractivity contribution in [2.45, 2.75) is 25.3 Å². The normalized spacial score (nSPS) is 21.9. The van der Waals surface area contributed by atoms with E-state index in [1.165, 1.54) is 19.3 Å². The summed E-state index contributed by atoms with van der Waals surface area (Å²) >= 11 is 0. The number of piperidine rings is 1. The molecule has 0 unspecified atom stereocenters. The van der Waals surface area contributed by atoms with E-state index in [-0.39, 0.29) is 0 Å². The molecule has 2 heterocycles. The van der Waals surface area contributed by atoms with Crippen LogP contribution in [0.4, 0.5) is 5.82 Å². The van der Waals surface area contributed by atoms with Gasteiger partial charge < -0.3 is 10.6 Å². The molecule has 1 aliphatic rings. The molecule has 1 aromatic heterocycles. The van der Waals surface area contributed by atoms with Crippen molar-refractivity contribution in [3.8, 4) is 0 Å². The van der Waals surface area contributed by atoms with Gasteiger partial charge in [-0.05, 0) is 31.5 Å². The Kier molecular flexibility index (Phi) is 3.35. The fourth-order valence-corrected chi connectivity index (χ4v) is 1.79. The van der Waals surface area contributed by atoms with Crippen molar-refractivity contribution in [3.63, 3.8) is 0 Å². The molecule has 3 heteroatoms. The third-order valence-electron chi connectivity index (χ3n) is 2.61. The Hall–Kier alpha value is -1.09. The minimum absolute atomic E-state index is 0.616. The van der Waals surface area contributed by atoms with E-state index in [1.54, 1.807) is 0 Å². The van der Waals surface area contributed by atoms with Crippen LogP contribution in [0.1, 0.15) is 19.3 Å². The van der Waals surface area contributed by atoms with Gasteiger partial charge >= 0.3 is 0 Å². The summed E-state index contributed by atoms with van der Waals surface area (Å²) in [6.07, 6.45) is 5.76. The van der Waals surface area contributed by atoms with Crippen molar-refractivity contribution < 1.29 is 0 Å². The lowest BCUT2D eigenvalue weighted by Gasteiger charge is -2.23. The summed E-state index contributed by atoms with van der Waals surface area (Å²) in [5.41, 5.74) is 0. The van der Waals surface area contributed by atoms with E-state index < -0.39 is 0 Å². The van der Waals surface area contributed by atoms with Gasteiger partial charge in [-0.3, -0.25) is 0 Å². The first-order valence-electron chi connectivity index (χ1n) is 5.33. The van der Waals surface area contributed by atoms with Gasteiger partial charge in [-0.2, -0.15) is 0 Å². The van der Waals surface area contributed by atoms with Crippen LogP contribution in [-0.2, 0) is 0 Å². The van der Waals surface area contributed by atoms with E-state index in [4.69, 9.17) is 0 Å². The highest BCUT2D eigenvalue weighted by Crippen LogP contribution is 2.08. The smallest absolute Gasteiger partial charge is 0.125 e. The van der Waals surface area contributed by atoms with E-state index >= 15 is 0 Å². The number of nitrogens with one attached hydrogen (secondary N) is 2. The zero-order valence-electron chi connectivity index (χ0n) is 8.37. The third kappa shape index (κ3) is 2.70. The van der Waals surface area contributed by atoms with Crippen LogP contribution in [0.2, 0.25) is 0 Å². The summed E-state index contributed by atoms with van der Waals surface area (Å²) in [6, 6.07) is 6.56. The molecule has 76 valence electrons. The predicted octanol–water partition coefficient (Wildman–Crippen LogP) is 1.64. The maximum absolute atomic E-state index is 4.22. The van der Waals surface area contributed by atoms with E-state index in [0.717, 1.165) is 18.9 Å². The molecule has 0 amide bonds. The van der Waals surface area contributed by atoms with Crippen LogP contribution in [0.25, 0.3) is 0 Å². The van der Waals surface area contributed by atoms with Crippen molar-refractivity contribution >= 4 is 5.82 Å². The number of hydrogen-bond acceptors (Lipinski definition) is 3. The lowest BCUT2D eigenvalue weighted by molar-refractivity contribution is 0.414. The Morgan fingerprint density at radius 2 is 2.43 bits per heavy atom. The number of anilines is 1. The zero-order chi connectivity index (χ0) is 9.64. The van der Waals surface area contributed by atoms with Gasteiger partial charge in [0, 0.05) is 18.8 Å². The van der Waals surface area contributed by atoms with Crippen molar-refractivity contribution in [1.29, 1.82) is 0 Å². The highest BCUT2D eigenvalue weighted by molar-refractivity contribution is 5.33. The van der Waals surface area contributed by atoms with Gasteiger partial charge in [-0.25, -0.2) is 4.98 Å². The van der Waals surface area contributed by atoms with Crippen LogP contribution < -0.4 is 10.6 Å². The number of hydrogen-bond donors (Lipinski definition) is 2. The quantitative estimate of drug-likeness (QED) is 0.762. The minimum Gasteiger partial charge on any atom is -0.369 e. The Morgan fingerprint density at radius 3 is 3.14 bits per heavy atom. The van der Waals surface area contributed by atoms with Crippen LogP contribution >= 0.6 is 0 Å². The standard InChI is InChI=1S/C11H17N3/c1-3-7-12-10(5-1)9-14-11-6-2-4-8-13-11/h2,4,6,8,10,12H,1,3,5,7,9H2,(H,13,14)/t10-/m1/s1. The van der Waals surface area contributed by atoms with Crippen LogP contribution in [-0.4, -0.2) is 24.1 Å². The van der Waals surface area contributed by atoms with Gasteiger partial charge in [0.05, 0.1) is 0 Å². The molecule has 0 aromatic carbocycles. The van der Waals surface area contributed by atoms with Crippen LogP contribution in [0.5, 0.6) is 0 Å². The summed E-state index contributed by atoms with van der Waals surface area (Å²) in [4.78, 5) is 4.22. The van der Waals surface area contributed by atoms with Crippen molar-refractivity contribution in [1.82, 2.24) is 10.3 Å². The molecule has 1 fully saturated rings. The molecule has 2 N–H and O–H groups in total. The zero-order valence-corrected chi connectivity index (χ0v) is 8.37. The molecular formula is C11H17N3. The Morgan fingerprint density at radius 1 is 1.43 bits per heavy atom. The SMILES string of the molecule is c1ccc(NC[C@H]2CCCCN2)nc1. The molecule has 1 atom stereocenters. The van der Waals surface area contributed by atoms with E-state index in [0.29, 0.717) is 6.04 Å². The second-order valence-electron chi connectivity index (χ2n) is 3.74. The molecule has 0 saturated carbocycles. The number of rotatable bonds is 3. The second-order valence-corrected chi connectivity index (χ2v) is 3.74. The highest BCUT2D eigenvalue weighted by Gasteiger charge is 2.11. The average Bonchev–Trinajstić information content (AvgIpc) is 2.29. The molecule has 1 aliphatic heterocycles. The molecule has 0 bridgehead atoms. The van der Waals surface area contributed by atoms with Gasteiger partial charge in [-0.15, -0.1) is 0 Å². The highest BCUT2D eigenvalue weighted by atomic mass is 15.0. The summed E-state index contributed by atoms with van der Waals surface area (Å²) < 4.78 is 0. The topological polar surface area (TPSA) is 37.0 Å². The Balaban J connectivity index is 1.76. The molecule has 0 radical (unpaired) electrons. The fourth-order valence-electron chi connectivity index (χ4n) is 1.79. The van der Waals surface area contributed by atoms with Crippen molar-refractivity contribution in [3.05, 3.63) is 24.4 Å². The van der Waals surface area contributed by atoms with Gasteiger partial charge in [0.2, 0.25) is 0 Å². The van der Waals surface area contributed by atoms with E-state index in [2.05, 4.69) is 15.6 Å². The van der Waals surface area contributed by atoms with Gasteiger partial charge in [0.1, 0.15) is 5.82 Å². The largest absolute Gasteiger partial charge is 0.369 e.